The number of nitrogens with zero attached hydrogens (tertiary/aromatic N) is 1. The van der Waals surface area contributed by atoms with E-state index in [1.54, 1.807) is 12.1 Å². The number of hydrogen-bond donors (Lipinski definition) is 2. The van der Waals surface area contributed by atoms with Gasteiger partial charge in [0.2, 0.25) is 0 Å². The molecule has 0 atom stereocenters. The second kappa shape index (κ2) is 6.57. The Morgan fingerprint density at radius 2 is 1.89 bits per heavy atom. The summed E-state index contributed by atoms with van der Waals surface area (Å²) in [5.41, 5.74) is 6.24. The van der Waals surface area contributed by atoms with Crippen LogP contribution in [0.5, 0.6) is 5.75 Å². The molecular weight excluding hydrogens is 240 g/mol. The number of phenols is 1. The zero-order chi connectivity index (χ0) is 14.5. The standard InChI is InChI=1S/C15H24N2O2/c1-4-9-17(11-15(2,3)10-16)14(19)12-5-7-13(18)8-6-12/h5-8,18H,4,9-11,16H2,1-3H3. The lowest BCUT2D eigenvalue weighted by molar-refractivity contribution is 0.0689. The molecule has 0 aliphatic heterocycles. The fraction of sp³-hybridized carbons (Fsp3) is 0.533. The van der Waals surface area contributed by atoms with Crippen LogP contribution in [0.2, 0.25) is 0 Å². The molecule has 4 nitrogen and oxygen atoms in total. The maximum atomic E-state index is 12.4. The molecule has 0 bridgehead atoms. The van der Waals surface area contributed by atoms with Crippen molar-refractivity contribution in [2.24, 2.45) is 11.1 Å². The Morgan fingerprint density at radius 1 is 1.32 bits per heavy atom. The monoisotopic (exact) mass is 264 g/mol. The van der Waals surface area contributed by atoms with Gasteiger partial charge in [-0.2, -0.15) is 0 Å². The number of hydrogen-bond acceptors (Lipinski definition) is 3. The van der Waals surface area contributed by atoms with Gasteiger partial charge in [0.25, 0.3) is 5.91 Å². The van der Waals surface area contributed by atoms with E-state index in [4.69, 9.17) is 5.73 Å². The quantitative estimate of drug-likeness (QED) is 0.828. The molecule has 0 heterocycles. The lowest BCUT2D eigenvalue weighted by atomic mass is 9.92. The highest BCUT2D eigenvalue weighted by Crippen LogP contribution is 2.18. The minimum absolute atomic E-state index is 0.0108. The Balaban J connectivity index is 2.86. The second-order valence-corrected chi connectivity index (χ2v) is 5.64. The molecule has 0 aliphatic carbocycles. The van der Waals surface area contributed by atoms with Gasteiger partial charge < -0.3 is 15.7 Å². The third-order valence-corrected chi connectivity index (χ3v) is 3.07. The van der Waals surface area contributed by atoms with Gasteiger partial charge in [-0.1, -0.05) is 20.8 Å². The molecule has 1 aromatic carbocycles. The van der Waals surface area contributed by atoms with E-state index in [0.29, 0.717) is 25.2 Å². The Bertz CT molecular complexity index is 413. The minimum atomic E-state index is -0.0955. The largest absolute Gasteiger partial charge is 0.508 e. The highest BCUT2D eigenvalue weighted by atomic mass is 16.3. The smallest absolute Gasteiger partial charge is 0.253 e. The fourth-order valence-corrected chi connectivity index (χ4v) is 1.89. The average Bonchev–Trinajstić information content (AvgIpc) is 2.38. The maximum Gasteiger partial charge on any atom is 0.253 e. The van der Waals surface area contributed by atoms with E-state index in [-0.39, 0.29) is 17.1 Å². The Labute approximate surface area is 115 Å². The van der Waals surface area contributed by atoms with Gasteiger partial charge in [0.15, 0.2) is 0 Å². The molecule has 1 amide bonds. The summed E-state index contributed by atoms with van der Waals surface area (Å²) in [6.07, 6.45) is 0.907. The van der Waals surface area contributed by atoms with Crippen LogP contribution in [0, 0.1) is 5.41 Å². The van der Waals surface area contributed by atoms with Crippen molar-refractivity contribution in [2.75, 3.05) is 19.6 Å². The van der Waals surface area contributed by atoms with Crippen molar-refractivity contribution in [3.05, 3.63) is 29.8 Å². The first kappa shape index (κ1) is 15.5. The predicted octanol–water partition coefficient (Wildman–Crippen LogP) is 2.23. The molecule has 0 spiro atoms. The fourth-order valence-electron chi connectivity index (χ4n) is 1.89. The summed E-state index contributed by atoms with van der Waals surface area (Å²) in [5.74, 6) is 0.157. The molecule has 0 radical (unpaired) electrons. The van der Waals surface area contributed by atoms with Crippen molar-refractivity contribution in [1.29, 1.82) is 0 Å². The topological polar surface area (TPSA) is 66.6 Å². The van der Waals surface area contributed by atoms with Crippen LogP contribution in [0.4, 0.5) is 0 Å². The number of carbonyl (C=O) groups is 1. The molecule has 4 heteroatoms. The van der Waals surface area contributed by atoms with Crippen LogP contribution in [-0.2, 0) is 0 Å². The van der Waals surface area contributed by atoms with Crippen LogP contribution >= 0.6 is 0 Å². The van der Waals surface area contributed by atoms with Crippen LogP contribution in [0.3, 0.4) is 0 Å². The molecule has 1 aromatic rings. The summed E-state index contributed by atoms with van der Waals surface area (Å²) in [6.45, 7) is 8.04. The van der Waals surface area contributed by atoms with Crippen LogP contribution < -0.4 is 5.73 Å². The number of benzene rings is 1. The Morgan fingerprint density at radius 3 is 2.37 bits per heavy atom. The lowest BCUT2D eigenvalue weighted by Crippen LogP contribution is -2.42. The second-order valence-electron chi connectivity index (χ2n) is 5.64. The molecular formula is C15H24N2O2. The Hall–Kier alpha value is -1.55. The van der Waals surface area contributed by atoms with E-state index in [1.807, 2.05) is 11.8 Å². The van der Waals surface area contributed by atoms with Crippen molar-refractivity contribution >= 4 is 5.91 Å². The molecule has 0 aliphatic rings. The summed E-state index contributed by atoms with van der Waals surface area (Å²) in [4.78, 5) is 14.3. The van der Waals surface area contributed by atoms with Gasteiger partial charge in [-0.05, 0) is 42.6 Å². The molecule has 0 saturated heterocycles. The zero-order valence-corrected chi connectivity index (χ0v) is 12.0. The van der Waals surface area contributed by atoms with Gasteiger partial charge in [0.1, 0.15) is 5.75 Å². The van der Waals surface area contributed by atoms with Gasteiger partial charge in [-0.25, -0.2) is 0 Å². The zero-order valence-electron chi connectivity index (χ0n) is 12.0. The van der Waals surface area contributed by atoms with Crippen LogP contribution in [0.1, 0.15) is 37.6 Å². The molecule has 0 unspecified atom stereocenters. The first-order valence-electron chi connectivity index (χ1n) is 6.68. The SMILES string of the molecule is CCCN(CC(C)(C)CN)C(=O)c1ccc(O)cc1. The van der Waals surface area contributed by atoms with Gasteiger partial charge in [0.05, 0.1) is 0 Å². The van der Waals surface area contributed by atoms with Crippen LogP contribution in [-0.4, -0.2) is 35.5 Å². The summed E-state index contributed by atoms with van der Waals surface area (Å²) in [7, 11) is 0. The summed E-state index contributed by atoms with van der Waals surface area (Å²) < 4.78 is 0. The molecule has 0 fully saturated rings. The number of phenolic OH excluding ortho intramolecular Hbond substituents is 1. The van der Waals surface area contributed by atoms with E-state index in [9.17, 15) is 9.90 Å². The van der Waals surface area contributed by atoms with E-state index in [0.717, 1.165) is 6.42 Å². The molecule has 19 heavy (non-hydrogen) atoms. The first-order chi connectivity index (χ1) is 8.89. The van der Waals surface area contributed by atoms with E-state index >= 15 is 0 Å². The number of rotatable bonds is 6. The lowest BCUT2D eigenvalue weighted by Gasteiger charge is -2.31. The number of carbonyl (C=O) groups excluding carboxylic acids is 1. The minimum Gasteiger partial charge on any atom is -0.508 e. The highest BCUT2D eigenvalue weighted by Gasteiger charge is 2.24. The van der Waals surface area contributed by atoms with E-state index < -0.39 is 0 Å². The van der Waals surface area contributed by atoms with Gasteiger partial charge >= 0.3 is 0 Å². The molecule has 0 saturated carbocycles. The van der Waals surface area contributed by atoms with Gasteiger partial charge in [0, 0.05) is 18.7 Å². The Kier molecular flexibility index (Phi) is 5.36. The number of nitrogens with two attached hydrogens (primary N) is 1. The summed E-state index contributed by atoms with van der Waals surface area (Å²) in [6, 6.07) is 6.36. The molecule has 0 aromatic heterocycles. The van der Waals surface area contributed by atoms with Crippen LogP contribution in [0.15, 0.2) is 24.3 Å². The van der Waals surface area contributed by atoms with Crippen molar-refractivity contribution in [2.45, 2.75) is 27.2 Å². The number of aromatic hydroxyl groups is 1. The maximum absolute atomic E-state index is 12.4. The first-order valence-corrected chi connectivity index (χ1v) is 6.68. The molecule has 3 N–H and O–H groups in total. The summed E-state index contributed by atoms with van der Waals surface area (Å²) >= 11 is 0. The van der Waals surface area contributed by atoms with Gasteiger partial charge in [-0.3, -0.25) is 4.79 Å². The van der Waals surface area contributed by atoms with Crippen molar-refractivity contribution in [1.82, 2.24) is 4.90 Å². The van der Waals surface area contributed by atoms with Crippen molar-refractivity contribution in [3.8, 4) is 5.75 Å². The summed E-state index contributed by atoms with van der Waals surface area (Å²) in [5, 5.41) is 9.26. The van der Waals surface area contributed by atoms with Gasteiger partial charge in [-0.15, -0.1) is 0 Å². The normalized spacial score (nSPS) is 11.4. The molecule has 106 valence electrons. The predicted molar refractivity (Wildman–Crippen MR) is 77.1 cm³/mol. The third-order valence-electron chi connectivity index (χ3n) is 3.07. The van der Waals surface area contributed by atoms with Crippen LogP contribution in [0.25, 0.3) is 0 Å². The third kappa shape index (κ3) is 4.56. The average molecular weight is 264 g/mol. The van der Waals surface area contributed by atoms with Crippen molar-refractivity contribution < 1.29 is 9.90 Å². The molecule has 1 rings (SSSR count). The van der Waals surface area contributed by atoms with Crippen molar-refractivity contribution in [3.63, 3.8) is 0 Å². The van der Waals surface area contributed by atoms with E-state index in [1.165, 1.54) is 12.1 Å². The number of amides is 1. The highest BCUT2D eigenvalue weighted by molar-refractivity contribution is 5.94. The van der Waals surface area contributed by atoms with E-state index in [2.05, 4.69) is 13.8 Å².